The van der Waals surface area contributed by atoms with E-state index in [1.165, 1.54) is 0 Å². The van der Waals surface area contributed by atoms with Crippen LogP contribution in [0.5, 0.6) is 5.75 Å². The van der Waals surface area contributed by atoms with Crippen molar-refractivity contribution in [3.8, 4) is 28.2 Å². The molecule has 1 fully saturated rings. The van der Waals surface area contributed by atoms with Gasteiger partial charge in [-0.05, 0) is 70.7 Å². The zero-order chi connectivity index (χ0) is 25.4. The monoisotopic (exact) mass is 482 g/mol. The van der Waals surface area contributed by atoms with Gasteiger partial charge in [-0.25, -0.2) is 4.79 Å². The Balaban J connectivity index is 1.53. The molecule has 36 heavy (non-hydrogen) atoms. The van der Waals surface area contributed by atoms with Crippen LogP contribution in [-0.4, -0.2) is 27.6 Å². The Hall–Kier alpha value is -3.93. The third-order valence-electron chi connectivity index (χ3n) is 6.73. The van der Waals surface area contributed by atoms with Crippen molar-refractivity contribution < 1.29 is 13.9 Å². The molecule has 5 rings (SSSR count). The Bertz CT molecular complexity index is 1460. The number of carbonyl (C=O) groups is 1. The fraction of sp³-hybridized carbons (Fsp3) is 0.300. The summed E-state index contributed by atoms with van der Waals surface area (Å²) < 4.78 is 12.1. The molecular weight excluding hydrogens is 452 g/mol. The van der Waals surface area contributed by atoms with E-state index in [1.807, 2.05) is 62.9 Å². The van der Waals surface area contributed by atoms with Gasteiger partial charge >= 0.3 is 6.09 Å². The first kappa shape index (κ1) is 23.8. The van der Waals surface area contributed by atoms with Crippen molar-refractivity contribution in [2.45, 2.75) is 58.5 Å². The molecule has 0 saturated heterocycles. The van der Waals surface area contributed by atoms with Crippen molar-refractivity contribution in [1.82, 2.24) is 9.88 Å². The first-order chi connectivity index (χ1) is 17.2. The number of hydrogen-bond donors (Lipinski definition) is 0. The predicted molar refractivity (Wildman–Crippen MR) is 141 cm³/mol. The highest BCUT2D eigenvalue weighted by Crippen LogP contribution is 2.35. The van der Waals surface area contributed by atoms with Crippen LogP contribution in [0.2, 0.25) is 0 Å². The summed E-state index contributed by atoms with van der Waals surface area (Å²) in [5.41, 5.74) is 2.62. The van der Waals surface area contributed by atoms with Crippen molar-refractivity contribution >= 4 is 17.1 Å². The molecule has 4 aromatic rings. The van der Waals surface area contributed by atoms with Crippen LogP contribution in [0.3, 0.4) is 0 Å². The molecule has 0 N–H and O–H groups in total. The minimum Gasteiger partial charge on any atom is -0.453 e. The average molecular weight is 483 g/mol. The molecule has 0 radical (unpaired) electrons. The number of benzene rings is 2. The van der Waals surface area contributed by atoms with E-state index in [0.717, 1.165) is 24.8 Å². The highest BCUT2D eigenvalue weighted by molar-refractivity contribution is 5.89. The smallest absolute Gasteiger partial charge is 0.415 e. The normalized spacial score (nSPS) is 13.9. The second-order valence-corrected chi connectivity index (χ2v) is 10.3. The molecule has 0 bridgehead atoms. The van der Waals surface area contributed by atoms with Crippen molar-refractivity contribution in [1.29, 1.82) is 0 Å². The van der Waals surface area contributed by atoms with E-state index in [2.05, 4.69) is 4.98 Å². The maximum atomic E-state index is 13.7. The summed E-state index contributed by atoms with van der Waals surface area (Å²) >= 11 is 0. The molecule has 184 valence electrons. The summed E-state index contributed by atoms with van der Waals surface area (Å²) in [6, 6.07) is 18.5. The minimum absolute atomic E-state index is 0.130. The molecule has 6 heteroatoms. The first-order valence-electron chi connectivity index (χ1n) is 12.3. The zero-order valence-electron chi connectivity index (χ0n) is 21.1. The van der Waals surface area contributed by atoms with E-state index in [4.69, 9.17) is 9.15 Å². The number of fused-ring (bicyclic) bond motifs is 1. The standard InChI is InChI=1S/C30H30N2O4/c1-19-27-24(17-18-31-19)26(33)25(28(36-27)21-9-6-5-7-10-21)20-13-15-23(16-14-20)35-29(34)32(30(2,3)4)22-11-8-12-22/h5-7,9-10,13-18,22H,8,11-12H2,1-4H3. The van der Waals surface area contributed by atoms with E-state index in [1.54, 1.807) is 36.5 Å². The van der Waals surface area contributed by atoms with E-state index in [-0.39, 0.29) is 23.1 Å². The maximum absolute atomic E-state index is 13.7. The number of hydrogen-bond acceptors (Lipinski definition) is 5. The van der Waals surface area contributed by atoms with Crippen LogP contribution in [0.4, 0.5) is 4.79 Å². The van der Waals surface area contributed by atoms with Crippen LogP contribution in [-0.2, 0) is 0 Å². The third kappa shape index (κ3) is 4.39. The molecule has 0 atom stereocenters. The Morgan fingerprint density at radius 3 is 2.31 bits per heavy atom. The highest BCUT2D eigenvalue weighted by Gasteiger charge is 2.37. The molecule has 2 heterocycles. The van der Waals surface area contributed by atoms with Crippen molar-refractivity contribution in [2.75, 3.05) is 0 Å². The number of amides is 1. The number of rotatable bonds is 4. The molecule has 0 spiro atoms. The maximum Gasteiger partial charge on any atom is 0.415 e. The summed E-state index contributed by atoms with van der Waals surface area (Å²) in [5, 5.41) is 0.481. The average Bonchev–Trinajstić information content (AvgIpc) is 2.82. The van der Waals surface area contributed by atoms with E-state index in [9.17, 15) is 9.59 Å². The Kier molecular flexibility index (Phi) is 6.12. The Morgan fingerprint density at radius 1 is 1.00 bits per heavy atom. The van der Waals surface area contributed by atoms with Crippen LogP contribution in [0, 0.1) is 6.92 Å². The Morgan fingerprint density at radius 2 is 1.69 bits per heavy atom. The summed E-state index contributed by atoms with van der Waals surface area (Å²) in [4.78, 5) is 32.9. The van der Waals surface area contributed by atoms with Crippen LogP contribution in [0.15, 0.2) is 76.1 Å². The molecule has 0 aliphatic heterocycles. The molecule has 1 saturated carbocycles. The van der Waals surface area contributed by atoms with Crippen molar-refractivity contribution in [3.05, 3.63) is 82.8 Å². The van der Waals surface area contributed by atoms with Gasteiger partial charge in [0.05, 0.1) is 16.6 Å². The van der Waals surface area contributed by atoms with E-state index < -0.39 is 0 Å². The zero-order valence-corrected chi connectivity index (χ0v) is 21.1. The van der Waals surface area contributed by atoms with Gasteiger partial charge in [0.1, 0.15) is 11.5 Å². The lowest BCUT2D eigenvalue weighted by atomic mass is 9.88. The van der Waals surface area contributed by atoms with Gasteiger partial charge in [-0.2, -0.15) is 0 Å². The molecule has 2 aromatic heterocycles. The van der Waals surface area contributed by atoms with Gasteiger partial charge in [0.15, 0.2) is 5.58 Å². The fourth-order valence-corrected chi connectivity index (χ4v) is 4.76. The summed E-state index contributed by atoms with van der Waals surface area (Å²) in [5.74, 6) is 0.918. The van der Waals surface area contributed by atoms with Crippen LogP contribution in [0.25, 0.3) is 33.4 Å². The summed E-state index contributed by atoms with van der Waals surface area (Å²) in [6.45, 7) is 7.90. The quantitative estimate of drug-likeness (QED) is 0.314. The van der Waals surface area contributed by atoms with Crippen molar-refractivity contribution in [2.24, 2.45) is 0 Å². The van der Waals surface area contributed by atoms with E-state index in [0.29, 0.717) is 39.3 Å². The lowest BCUT2D eigenvalue weighted by Crippen LogP contribution is -2.55. The molecule has 2 aromatic carbocycles. The van der Waals surface area contributed by atoms with Gasteiger partial charge in [-0.3, -0.25) is 9.78 Å². The lowest BCUT2D eigenvalue weighted by Gasteiger charge is -2.44. The van der Waals surface area contributed by atoms with Crippen LogP contribution in [0.1, 0.15) is 45.7 Å². The summed E-state index contributed by atoms with van der Waals surface area (Å²) in [6.07, 6.45) is 4.40. The van der Waals surface area contributed by atoms with Crippen LogP contribution >= 0.6 is 0 Å². The second-order valence-electron chi connectivity index (χ2n) is 10.3. The number of nitrogens with zero attached hydrogens (tertiary/aromatic N) is 2. The predicted octanol–water partition coefficient (Wildman–Crippen LogP) is 6.98. The molecule has 1 aliphatic carbocycles. The molecule has 1 aliphatic rings. The third-order valence-corrected chi connectivity index (χ3v) is 6.73. The van der Waals surface area contributed by atoms with Gasteiger partial charge in [-0.15, -0.1) is 0 Å². The van der Waals surface area contributed by atoms with Gasteiger partial charge in [0.25, 0.3) is 0 Å². The molecule has 6 nitrogen and oxygen atoms in total. The lowest BCUT2D eigenvalue weighted by molar-refractivity contribution is 0.0469. The number of aromatic nitrogens is 1. The highest BCUT2D eigenvalue weighted by atomic mass is 16.6. The van der Waals surface area contributed by atoms with Gasteiger partial charge in [0, 0.05) is 23.3 Å². The molecule has 0 unspecified atom stereocenters. The number of carbonyl (C=O) groups excluding carboxylic acids is 1. The van der Waals surface area contributed by atoms with Gasteiger partial charge in [-0.1, -0.05) is 42.5 Å². The Labute approximate surface area is 210 Å². The number of ether oxygens (including phenoxy) is 1. The SMILES string of the molecule is Cc1nccc2c(=O)c(-c3ccc(OC(=O)N(C4CCC4)C(C)(C)C)cc3)c(-c3ccccc3)oc12. The molecule has 1 amide bonds. The van der Waals surface area contributed by atoms with Gasteiger partial charge in [0.2, 0.25) is 5.43 Å². The topological polar surface area (TPSA) is 72.6 Å². The minimum atomic E-state index is -0.349. The van der Waals surface area contributed by atoms with Gasteiger partial charge < -0.3 is 14.1 Å². The number of pyridine rings is 1. The first-order valence-corrected chi connectivity index (χ1v) is 12.3. The molecular formula is C30H30N2O4. The fourth-order valence-electron chi connectivity index (χ4n) is 4.76. The number of aryl methyl sites for hydroxylation is 1. The van der Waals surface area contributed by atoms with E-state index >= 15 is 0 Å². The second kappa shape index (κ2) is 9.26. The largest absolute Gasteiger partial charge is 0.453 e. The van der Waals surface area contributed by atoms with Crippen LogP contribution < -0.4 is 10.2 Å². The summed E-state index contributed by atoms with van der Waals surface area (Å²) in [7, 11) is 0. The van der Waals surface area contributed by atoms with Crippen molar-refractivity contribution in [3.63, 3.8) is 0 Å².